The van der Waals surface area contributed by atoms with Crippen molar-refractivity contribution in [2.24, 2.45) is 0 Å². The van der Waals surface area contributed by atoms with E-state index in [-0.39, 0.29) is 0 Å². The van der Waals surface area contributed by atoms with Crippen molar-refractivity contribution in [3.8, 4) is 0 Å². The van der Waals surface area contributed by atoms with Gasteiger partial charge in [-0.2, -0.15) is 0 Å². The molecule has 0 aliphatic heterocycles. The molecular weight excluding hydrogens is 490 g/mol. The third-order valence-corrected chi connectivity index (χ3v) is 5.93. The van der Waals surface area contributed by atoms with Crippen molar-refractivity contribution in [3.05, 3.63) is 78.4 Å². The maximum absolute atomic E-state index is 6.04. The van der Waals surface area contributed by atoms with E-state index in [1.807, 2.05) is 44.2 Å². The first-order valence-electron chi connectivity index (χ1n) is 7.89. The summed E-state index contributed by atoms with van der Waals surface area (Å²) < 4.78 is 0.944. The van der Waals surface area contributed by atoms with E-state index in [0.29, 0.717) is 20.4 Å². The second-order valence-corrected chi connectivity index (χ2v) is 8.35. The molecule has 0 saturated carbocycles. The number of hydrogen-bond acceptors (Lipinski definition) is 2. The van der Waals surface area contributed by atoms with Crippen molar-refractivity contribution in [2.45, 2.75) is 13.8 Å². The van der Waals surface area contributed by atoms with Gasteiger partial charge >= 0.3 is 0 Å². The van der Waals surface area contributed by atoms with Crippen LogP contribution in [0.1, 0.15) is 11.1 Å². The first-order valence-corrected chi connectivity index (χ1v) is 10.2. The minimum Gasteiger partial charge on any atom is -0.236 e. The molecule has 0 radical (unpaired) electrons. The van der Waals surface area contributed by atoms with E-state index in [4.69, 9.17) is 46.4 Å². The number of halogens is 5. The SMILES string of the molecule is Cc1ccc2c(Cl)cc(Cl)nc2c1.Cc1ccc2c(Cl)cc(Cl)nc2c1Br. The Balaban J connectivity index is 0.000000156. The molecule has 0 bridgehead atoms. The second kappa shape index (κ2) is 8.50. The average Bonchev–Trinajstić information content (AvgIpc) is 2.58. The van der Waals surface area contributed by atoms with Crippen LogP contribution in [0.5, 0.6) is 0 Å². The highest BCUT2D eigenvalue weighted by atomic mass is 79.9. The predicted molar refractivity (Wildman–Crippen MR) is 121 cm³/mol. The Kier molecular flexibility index (Phi) is 6.50. The molecule has 0 unspecified atom stereocenters. The first-order chi connectivity index (χ1) is 12.8. The molecule has 0 spiro atoms. The zero-order valence-corrected chi connectivity index (χ0v) is 18.9. The summed E-state index contributed by atoms with van der Waals surface area (Å²) in [5.74, 6) is 0. The van der Waals surface area contributed by atoms with E-state index < -0.39 is 0 Å². The van der Waals surface area contributed by atoms with Gasteiger partial charge in [-0.05, 0) is 59.1 Å². The fourth-order valence-corrected chi connectivity index (χ4v) is 4.01. The van der Waals surface area contributed by atoms with Crippen molar-refractivity contribution in [2.75, 3.05) is 0 Å². The van der Waals surface area contributed by atoms with Crippen LogP contribution in [0.25, 0.3) is 21.8 Å². The van der Waals surface area contributed by atoms with Crippen LogP contribution < -0.4 is 0 Å². The van der Waals surface area contributed by atoms with E-state index in [1.165, 1.54) is 0 Å². The van der Waals surface area contributed by atoms with Gasteiger partial charge < -0.3 is 0 Å². The van der Waals surface area contributed by atoms with E-state index in [0.717, 1.165) is 37.4 Å². The average molecular weight is 503 g/mol. The van der Waals surface area contributed by atoms with Gasteiger partial charge in [-0.15, -0.1) is 0 Å². The fourth-order valence-electron chi connectivity index (χ4n) is 2.55. The topological polar surface area (TPSA) is 25.8 Å². The standard InChI is InChI=1S/C10H6BrCl2N.C10H7Cl2N/c1-5-2-3-6-7(12)4-8(13)14-10(6)9(5)11;1-6-2-3-7-8(11)5-10(12)13-9(7)4-6/h2-4H,1H3;2-5H,1H3. The van der Waals surface area contributed by atoms with E-state index >= 15 is 0 Å². The van der Waals surface area contributed by atoms with Crippen molar-refractivity contribution >= 4 is 84.1 Å². The molecule has 4 aromatic rings. The molecule has 2 aromatic carbocycles. The summed E-state index contributed by atoms with van der Waals surface area (Å²) in [5, 5.41) is 3.97. The molecule has 2 heterocycles. The number of benzene rings is 2. The molecule has 0 atom stereocenters. The quantitative estimate of drug-likeness (QED) is 0.225. The largest absolute Gasteiger partial charge is 0.236 e. The molecule has 0 N–H and O–H groups in total. The molecule has 0 fully saturated rings. The van der Waals surface area contributed by atoms with Gasteiger partial charge in [0, 0.05) is 15.2 Å². The molecule has 27 heavy (non-hydrogen) atoms. The first kappa shape index (κ1) is 20.6. The van der Waals surface area contributed by atoms with Gasteiger partial charge in [-0.3, -0.25) is 0 Å². The minimum atomic E-state index is 0.411. The Bertz CT molecular complexity index is 1160. The van der Waals surface area contributed by atoms with Crippen LogP contribution in [-0.4, -0.2) is 9.97 Å². The smallest absolute Gasteiger partial charge is 0.131 e. The molecule has 7 heteroatoms. The lowest BCUT2D eigenvalue weighted by molar-refractivity contribution is 1.36. The number of aryl methyl sites for hydroxylation is 2. The second-order valence-electron chi connectivity index (χ2n) is 5.97. The summed E-state index contributed by atoms with van der Waals surface area (Å²) >= 11 is 27.1. The summed E-state index contributed by atoms with van der Waals surface area (Å²) in [7, 11) is 0. The highest BCUT2D eigenvalue weighted by Gasteiger charge is 2.07. The van der Waals surface area contributed by atoms with Crippen molar-refractivity contribution in [3.63, 3.8) is 0 Å². The number of nitrogens with zero attached hydrogens (tertiary/aromatic N) is 2. The Hall–Kier alpha value is -1.10. The number of aromatic nitrogens is 2. The molecule has 0 amide bonds. The minimum absolute atomic E-state index is 0.411. The number of pyridine rings is 2. The van der Waals surface area contributed by atoms with E-state index in [2.05, 4.69) is 25.9 Å². The fraction of sp³-hybridized carbons (Fsp3) is 0.100. The van der Waals surface area contributed by atoms with Gasteiger partial charge in [0.2, 0.25) is 0 Å². The van der Waals surface area contributed by atoms with Crippen LogP contribution in [0.15, 0.2) is 46.9 Å². The Morgan fingerprint density at radius 2 is 1.33 bits per heavy atom. The van der Waals surface area contributed by atoms with Gasteiger partial charge in [0.1, 0.15) is 10.3 Å². The maximum Gasteiger partial charge on any atom is 0.131 e. The molecular formula is C20H13BrCl4N2. The molecule has 4 rings (SSSR count). The summed E-state index contributed by atoms with van der Waals surface area (Å²) in [6.45, 7) is 4.01. The van der Waals surface area contributed by atoms with Crippen LogP contribution in [0.3, 0.4) is 0 Å². The number of rotatable bonds is 0. The molecule has 138 valence electrons. The number of fused-ring (bicyclic) bond motifs is 2. The van der Waals surface area contributed by atoms with Crippen LogP contribution in [-0.2, 0) is 0 Å². The summed E-state index contributed by atoms with van der Waals surface area (Å²) in [5.41, 5.74) is 3.92. The Morgan fingerprint density at radius 3 is 2.04 bits per heavy atom. The lowest BCUT2D eigenvalue weighted by Gasteiger charge is -2.05. The van der Waals surface area contributed by atoms with Gasteiger partial charge in [-0.25, -0.2) is 9.97 Å². The maximum atomic E-state index is 6.04. The third kappa shape index (κ3) is 4.67. The Morgan fingerprint density at radius 1 is 0.741 bits per heavy atom. The van der Waals surface area contributed by atoms with Crippen LogP contribution in [0.4, 0.5) is 0 Å². The lowest BCUT2D eigenvalue weighted by Crippen LogP contribution is -1.85. The lowest BCUT2D eigenvalue weighted by atomic mass is 10.1. The molecule has 0 aliphatic rings. The van der Waals surface area contributed by atoms with Crippen LogP contribution >= 0.6 is 62.3 Å². The van der Waals surface area contributed by atoms with Crippen molar-refractivity contribution < 1.29 is 0 Å². The van der Waals surface area contributed by atoms with Crippen molar-refractivity contribution in [1.29, 1.82) is 0 Å². The normalized spacial score (nSPS) is 10.8. The number of hydrogen-bond donors (Lipinski definition) is 0. The highest BCUT2D eigenvalue weighted by molar-refractivity contribution is 9.10. The molecule has 2 aromatic heterocycles. The zero-order valence-electron chi connectivity index (χ0n) is 14.3. The van der Waals surface area contributed by atoms with Crippen molar-refractivity contribution in [1.82, 2.24) is 9.97 Å². The summed E-state index contributed by atoms with van der Waals surface area (Å²) in [6.07, 6.45) is 0. The van der Waals surface area contributed by atoms with Crippen LogP contribution in [0, 0.1) is 13.8 Å². The van der Waals surface area contributed by atoms with Gasteiger partial charge in [-0.1, -0.05) is 70.7 Å². The van der Waals surface area contributed by atoms with Gasteiger partial charge in [0.05, 0.1) is 21.1 Å². The molecule has 0 aliphatic carbocycles. The highest BCUT2D eigenvalue weighted by Crippen LogP contribution is 2.32. The van der Waals surface area contributed by atoms with Gasteiger partial charge in [0.25, 0.3) is 0 Å². The van der Waals surface area contributed by atoms with E-state index in [1.54, 1.807) is 12.1 Å². The predicted octanol–water partition coefficient (Wildman–Crippen LogP) is 8.46. The third-order valence-electron chi connectivity index (χ3n) is 3.91. The monoisotopic (exact) mass is 500 g/mol. The molecule has 0 saturated heterocycles. The van der Waals surface area contributed by atoms with Gasteiger partial charge in [0.15, 0.2) is 0 Å². The summed E-state index contributed by atoms with van der Waals surface area (Å²) in [4.78, 5) is 8.41. The van der Waals surface area contributed by atoms with Crippen LogP contribution in [0.2, 0.25) is 20.4 Å². The zero-order chi connectivity index (χ0) is 19.7. The van der Waals surface area contributed by atoms with E-state index in [9.17, 15) is 0 Å². The summed E-state index contributed by atoms with van der Waals surface area (Å²) in [6, 6.07) is 13.2. The Labute approximate surface area is 185 Å². The molecule has 2 nitrogen and oxygen atoms in total.